The molecule has 0 atom stereocenters. The van der Waals surface area contributed by atoms with Gasteiger partial charge in [0.15, 0.2) is 5.82 Å². The molecule has 196 valence electrons. The van der Waals surface area contributed by atoms with Crippen LogP contribution in [0.4, 0.5) is 23.2 Å². The van der Waals surface area contributed by atoms with Crippen LogP contribution in [0.25, 0.3) is 28.2 Å². The summed E-state index contributed by atoms with van der Waals surface area (Å²) in [7, 11) is 0. The highest BCUT2D eigenvalue weighted by Gasteiger charge is 2.31. The molecule has 1 N–H and O–H groups in total. The van der Waals surface area contributed by atoms with Gasteiger partial charge in [0.25, 0.3) is 5.91 Å². The van der Waals surface area contributed by atoms with Crippen molar-refractivity contribution >= 4 is 11.6 Å². The molecule has 0 saturated heterocycles. The number of carbonyl (C=O) groups excluding carboxylic acids is 1. The van der Waals surface area contributed by atoms with E-state index in [1.165, 1.54) is 47.4 Å². The Hall–Kier alpha value is -4.99. The van der Waals surface area contributed by atoms with Crippen molar-refractivity contribution in [3.05, 3.63) is 114 Å². The number of carbonyl (C=O) groups is 1. The van der Waals surface area contributed by atoms with Crippen LogP contribution in [0.5, 0.6) is 5.75 Å². The number of nitrogens with zero attached hydrogens (tertiary/aromatic N) is 3. The van der Waals surface area contributed by atoms with E-state index in [1.807, 2.05) is 31.2 Å². The van der Waals surface area contributed by atoms with Crippen LogP contribution >= 0.6 is 0 Å². The molecule has 1 aromatic heterocycles. The Bertz CT molecular complexity index is 1630. The molecule has 1 heterocycles. The van der Waals surface area contributed by atoms with Crippen LogP contribution in [0.3, 0.4) is 0 Å². The van der Waals surface area contributed by atoms with Gasteiger partial charge in [-0.2, -0.15) is 0 Å². The van der Waals surface area contributed by atoms with E-state index in [2.05, 4.69) is 20.1 Å². The monoisotopic (exact) mass is 532 g/mol. The van der Waals surface area contributed by atoms with Crippen molar-refractivity contribution in [2.75, 3.05) is 5.32 Å². The number of aromatic nitrogens is 3. The van der Waals surface area contributed by atoms with Gasteiger partial charge in [0.05, 0.1) is 5.69 Å². The van der Waals surface area contributed by atoms with Crippen LogP contribution in [0.1, 0.15) is 15.9 Å². The molecule has 0 unspecified atom stereocenters. The molecule has 0 bridgehead atoms. The van der Waals surface area contributed by atoms with Crippen LogP contribution in [0.2, 0.25) is 0 Å². The summed E-state index contributed by atoms with van der Waals surface area (Å²) in [6.07, 6.45) is -3.34. The van der Waals surface area contributed by atoms with Crippen molar-refractivity contribution in [1.29, 1.82) is 0 Å². The quantitative estimate of drug-likeness (QED) is 0.235. The summed E-state index contributed by atoms with van der Waals surface area (Å²) in [4.78, 5) is 17.1. The number of hydrogen-bond donors (Lipinski definition) is 1. The Morgan fingerprint density at radius 1 is 0.897 bits per heavy atom. The lowest BCUT2D eigenvalue weighted by atomic mass is 9.98. The molecule has 1 amide bonds. The number of ether oxygens (including phenoxy) is 1. The maximum Gasteiger partial charge on any atom is 0.573 e. The number of aryl methyl sites for hydroxylation is 1. The lowest BCUT2D eigenvalue weighted by Crippen LogP contribution is -2.17. The fraction of sp³-hybridized carbons (Fsp3) is 0.0690. The molecule has 5 aromatic rings. The zero-order valence-electron chi connectivity index (χ0n) is 20.4. The molecule has 0 spiro atoms. The molecule has 0 aliphatic heterocycles. The van der Waals surface area contributed by atoms with E-state index in [0.29, 0.717) is 28.3 Å². The van der Waals surface area contributed by atoms with Gasteiger partial charge in [-0.3, -0.25) is 4.79 Å². The number of rotatable bonds is 6. The van der Waals surface area contributed by atoms with E-state index in [1.54, 1.807) is 30.3 Å². The first-order valence-electron chi connectivity index (χ1n) is 11.7. The van der Waals surface area contributed by atoms with Gasteiger partial charge in [0.1, 0.15) is 17.9 Å². The van der Waals surface area contributed by atoms with Crippen molar-refractivity contribution in [2.24, 2.45) is 0 Å². The highest BCUT2D eigenvalue weighted by atomic mass is 19.4. The third kappa shape index (κ3) is 6.12. The largest absolute Gasteiger partial charge is 0.573 e. The van der Waals surface area contributed by atoms with Crippen LogP contribution in [0.15, 0.2) is 97.3 Å². The minimum absolute atomic E-state index is 0.185. The minimum atomic E-state index is -4.77. The Labute approximate surface area is 220 Å². The van der Waals surface area contributed by atoms with E-state index in [0.717, 1.165) is 11.1 Å². The van der Waals surface area contributed by atoms with Crippen LogP contribution in [0, 0.1) is 12.7 Å². The molecular weight excluding hydrogens is 512 g/mol. The Kier molecular flexibility index (Phi) is 6.84. The van der Waals surface area contributed by atoms with Crippen molar-refractivity contribution in [2.45, 2.75) is 13.3 Å². The van der Waals surface area contributed by atoms with Gasteiger partial charge < -0.3 is 10.1 Å². The summed E-state index contributed by atoms with van der Waals surface area (Å²) in [5.41, 5.74) is 4.23. The van der Waals surface area contributed by atoms with Crippen LogP contribution in [-0.2, 0) is 0 Å². The number of hydrogen-bond acceptors (Lipinski definition) is 4. The van der Waals surface area contributed by atoms with E-state index >= 15 is 0 Å². The highest BCUT2D eigenvalue weighted by Crippen LogP contribution is 2.27. The fourth-order valence-corrected chi connectivity index (χ4v) is 4.00. The summed E-state index contributed by atoms with van der Waals surface area (Å²) in [6.45, 7) is 1.92. The maximum atomic E-state index is 14.3. The highest BCUT2D eigenvalue weighted by molar-refractivity contribution is 6.05. The molecular formula is C29H20F4N4O2. The Balaban J connectivity index is 1.28. The van der Waals surface area contributed by atoms with Crippen molar-refractivity contribution < 1.29 is 27.1 Å². The second kappa shape index (κ2) is 10.4. The molecule has 0 fully saturated rings. The molecule has 6 nitrogen and oxygen atoms in total. The molecule has 0 aliphatic carbocycles. The van der Waals surface area contributed by atoms with Gasteiger partial charge in [0, 0.05) is 16.8 Å². The Morgan fingerprint density at radius 3 is 2.31 bits per heavy atom. The van der Waals surface area contributed by atoms with E-state index < -0.39 is 18.1 Å². The van der Waals surface area contributed by atoms with Crippen molar-refractivity contribution in [1.82, 2.24) is 14.8 Å². The van der Waals surface area contributed by atoms with Gasteiger partial charge in [-0.15, -0.1) is 18.3 Å². The summed E-state index contributed by atoms with van der Waals surface area (Å²) < 4.78 is 56.7. The summed E-state index contributed by atoms with van der Waals surface area (Å²) in [5.74, 6) is -0.941. The van der Waals surface area contributed by atoms with E-state index in [4.69, 9.17) is 0 Å². The van der Waals surface area contributed by atoms with Gasteiger partial charge in [-0.05, 0) is 90.3 Å². The predicted octanol–water partition coefficient (Wildman–Crippen LogP) is 7.20. The molecule has 0 aliphatic rings. The molecule has 10 heteroatoms. The summed E-state index contributed by atoms with van der Waals surface area (Å²) in [6, 6.07) is 23.7. The van der Waals surface area contributed by atoms with Gasteiger partial charge >= 0.3 is 6.36 Å². The van der Waals surface area contributed by atoms with Crippen LogP contribution < -0.4 is 10.1 Å². The van der Waals surface area contributed by atoms with Gasteiger partial charge in [0.2, 0.25) is 0 Å². The molecule has 39 heavy (non-hydrogen) atoms. The number of alkyl halides is 3. The average molecular weight is 532 g/mol. The average Bonchev–Trinajstić information content (AvgIpc) is 3.39. The van der Waals surface area contributed by atoms with E-state index in [-0.39, 0.29) is 11.3 Å². The molecule has 0 saturated carbocycles. The molecule has 4 aromatic carbocycles. The summed E-state index contributed by atoms with van der Waals surface area (Å²) >= 11 is 0. The molecule has 5 rings (SSSR count). The zero-order valence-corrected chi connectivity index (χ0v) is 20.4. The van der Waals surface area contributed by atoms with Gasteiger partial charge in [-0.1, -0.05) is 24.3 Å². The minimum Gasteiger partial charge on any atom is -0.406 e. The standard InChI is InChI=1S/C29H20F4N4O2/c1-18-4-2-3-5-26(18)20-14-21(16-22(30)15-20)28(38)35-23-8-6-19(7-9-23)27-34-17-37(36-27)24-10-12-25(13-11-24)39-29(31,32)33/h2-17H,1H3,(H,35,38). The normalized spacial score (nSPS) is 11.3. The maximum absolute atomic E-state index is 14.3. The number of nitrogens with one attached hydrogen (secondary N) is 1. The number of benzene rings is 4. The number of halogens is 4. The smallest absolute Gasteiger partial charge is 0.406 e. The van der Waals surface area contributed by atoms with E-state index in [9.17, 15) is 22.4 Å². The predicted molar refractivity (Wildman–Crippen MR) is 138 cm³/mol. The molecule has 0 radical (unpaired) electrons. The fourth-order valence-electron chi connectivity index (χ4n) is 4.00. The lowest BCUT2D eigenvalue weighted by molar-refractivity contribution is -0.274. The lowest BCUT2D eigenvalue weighted by Gasteiger charge is -2.10. The second-order valence-corrected chi connectivity index (χ2v) is 8.63. The number of anilines is 1. The van der Waals surface area contributed by atoms with Crippen molar-refractivity contribution in [3.8, 4) is 34.0 Å². The van der Waals surface area contributed by atoms with Gasteiger partial charge in [-0.25, -0.2) is 14.1 Å². The topological polar surface area (TPSA) is 69.0 Å². The third-order valence-electron chi connectivity index (χ3n) is 5.84. The third-order valence-corrected chi connectivity index (χ3v) is 5.84. The zero-order chi connectivity index (χ0) is 27.6. The SMILES string of the molecule is Cc1ccccc1-c1cc(F)cc(C(=O)Nc2ccc(-c3ncn(-c4ccc(OC(F)(F)F)cc4)n3)cc2)c1. The first-order valence-corrected chi connectivity index (χ1v) is 11.7. The number of amides is 1. The second-order valence-electron chi connectivity index (χ2n) is 8.63. The summed E-state index contributed by atoms with van der Waals surface area (Å²) in [5, 5.41) is 7.13. The first kappa shape index (κ1) is 25.7. The van der Waals surface area contributed by atoms with Crippen molar-refractivity contribution in [3.63, 3.8) is 0 Å². The van der Waals surface area contributed by atoms with Crippen LogP contribution in [-0.4, -0.2) is 27.0 Å². The first-order chi connectivity index (χ1) is 18.6. The Morgan fingerprint density at radius 2 is 1.62 bits per heavy atom.